The second-order valence-corrected chi connectivity index (χ2v) is 5.81. The number of nitrogens with zero attached hydrogens (tertiary/aromatic N) is 1. The van der Waals surface area contributed by atoms with E-state index in [1.54, 1.807) is 13.8 Å². The van der Waals surface area contributed by atoms with Gasteiger partial charge in [0.2, 0.25) is 0 Å². The highest BCUT2D eigenvalue weighted by Crippen LogP contribution is 2.22. The lowest BCUT2D eigenvalue weighted by atomic mass is 10.1. The third-order valence-corrected chi connectivity index (χ3v) is 4.02. The van der Waals surface area contributed by atoms with E-state index in [4.69, 9.17) is 0 Å². The zero-order valence-electron chi connectivity index (χ0n) is 12.1. The lowest BCUT2D eigenvalue weighted by Gasteiger charge is -2.17. The summed E-state index contributed by atoms with van der Waals surface area (Å²) in [6.45, 7) is 5.31. The summed E-state index contributed by atoms with van der Waals surface area (Å²) in [5, 5.41) is 9.36. The van der Waals surface area contributed by atoms with E-state index in [1.807, 2.05) is 25.1 Å². The molecule has 1 aromatic carbocycles. The van der Waals surface area contributed by atoms with E-state index < -0.39 is 5.97 Å². The number of hydrogen-bond acceptors (Lipinski definition) is 2. The number of hydrogen-bond donors (Lipinski definition) is 1. The molecule has 0 radical (unpaired) electrons. The van der Waals surface area contributed by atoms with Crippen LogP contribution >= 0.6 is 15.9 Å². The Labute approximate surface area is 131 Å². The number of carbonyl (C=O) groups is 1. The van der Waals surface area contributed by atoms with Gasteiger partial charge in [0.1, 0.15) is 0 Å². The second kappa shape index (κ2) is 5.85. The Hall–Kier alpha value is -1.88. The van der Waals surface area contributed by atoms with Crippen molar-refractivity contribution >= 4 is 21.9 Å². The molecule has 1 heterocycles. The fourth-order valence-electron chi connectivity index (χ4n) is 2.56. The molecule has 0 saturated heterocycles. The molecule has 0 saturated carbocycles. The van der Waals surface area contributed by atoms with Gasteiger partial charge in [-0.25, -0.2) is 4.79 Å². The fourth-order valence-corrected chi connectivity index (χ4v) is 2.97. The molecular weight excluding hydrogens is 334 g/mol. The van der Waals surface area contributed by atoms with Crippen LogP contribution in [0, 0.1) is 13.8 Å². The van der Waals surface area contributed by atoms with Gasteiger partial charge >= 0.3 is 5.97 Å². The normalized spacial score (nSPS) is 10.7. The Morgan fingerprint density at radius 3 is 2.52 bits per heavy atom. The summed E-state index contributed by atoms with van der Waals surface area (Å²) in [7, 11) is 0. The SMILES string of the molecule is CCc1cc(Br)ccc1-n1c(C)c(C(=O)O)c(C)cc1=O. The fraction of sp³-hybridized carbons (Fsp3) is 0.250. The van der Waals surface area contributed by atoms with Crippen molar-refractivity contribution in [2.75, 3.05) is 0 Å². The van der Waals surface area contributed by atoms with Gasteiger partial charge in [0.25, 0.3) is 5.56 Å². The molecule has 2 rings (SSSR count). The number of pyridine rings is 1. The molecule has 0 atom stereocenters. The molecule has 0 aliphatic rings. The summed E-state index contributed by atoms with van der Waals surface area (Å²) in [6.07, 6.45) is 0.747. The summed E-state index contributed by atoms with van der Waals surface area (Å²) in [6, 6.07) is 7.00. The van der Waals surface area contributed by atoms with Gasteiger partial charge in [-0.05, 0) is 49.6 Å². The van der Waals surface area contributed by atoms with Crippen LogP contribution in [0.1, 0.15) is 34.1 Å². The standard InChI is InChI=1S/C16H16BrNO3/c1-4-11-8-12(17)5-6-13(11)18-10(3)15(16(20)21)9(2)7-14(18)19/h5-8H,4H2,1-3H3,(H,20,21). The molecule has 0 aliphatic carbocycles. The first-order valence-corrected chi connectivity index (χ1v) is 7.41. The minimum absolute atomic E-state index is 0.180. The molecule has 1 aromatic heterocycles. The maximum Gasteiger partial charge on any atom is 0.337 e. The van der Waals surface area contributed by atoms with Crippen molar-refractivity contribution in [2.45, 2.75) is 27.2 Å². The summed E-state index contributed by atoms with van der Waals surface area (Å²) < 4.78 is 2.40. The predicted octanol–water partition coefficient (Wildman–Crippen LogP) is 3.48. The minimum Gasteiger partial charge on any atom is -0.478 e. The van der Waals surface area contributed by atoms with Gasteiger partial charge in [-0.2, -0.15) is 0 Å². The van der Waals surface area contributed by atoms with E-state index in [-0.39, 0.29) is 11.1 Å². The van der Waals surface area contributed by atoms with Gasteiger partial charge in [0.15, 0.2) is 0 Å². The van der Waals surface area contributed by atoms with Gasteiger partial charge in [0, 0.05) is 16.2 Å². The lowest BCUT2D eigenvalue weighted by molar-refractivity contribution is 0.0694. The molecule has 0 amide bonds. The second-order valence-electron chi connectivity index (χ2n) is 4.89. The lowest BCUT2D eigenvalue weighted by Crippen LogP contribution is -2.25. The average molecular weight is 350 g/mol. The highest BCUT2D eigenvalue weighted by molar-refractivity contribution is 9.10. The molecule has 21 heavy (non-hydrogen) atoms. The van der Waals surface area contributed by atoms with Crippen LogP contribution in [-0.2, 0) is 6.42 Å². The molecule has 2 aromatic rings. The van der Waals surface area contributed by atoms with Crippen LogP contribution in [-0.4, -0.2) is 15.6 Å². The van der Waals surface area contributed by atoms with Crippen molar-refractivity contribution in [1.29, 1.82) is 0 Å². The maximum atomic E-state index is 12.3. The zero-order valence-corrected chi connectivity index (χ0v) is 13.7. The van der Waals surface area contributed by atoms with Crippen LogP contribution in [0.3, 0.4) is 0 Å². The quantitative estimate of drug-likeness (QED) is 0.922. The molecule has 0 fully saturated rings. The number of carboxylic acids is 1. The minimum atomic E-state index is -1.02. The maximum absolute atomic E-state index is 12.3. The Morgan fingerprint density at radius 2 is 1.95 bits per heavy atom. The van der Waals surface area contributed by atoms with Crippen LogP contribution in [0.25, 0.3) is 5.69 Å². The van der Waals surface area contributed by atoms with Crippen molar-refractivity contribution in [3.8, 4) is 5.69 Å². The third-order valence-electron chi connectivity index (χ3n) is 3.53. The highest BCUT2D eigenvalue weighted by Gasteiger charge is 2.18. The Balaban J connectivity index is 2.85. The van der Waals surface area contributed by atoms with Gasteiger partial charge in [-0.3, -0.25) is 9.36 Å². The van der Waals surface area contributed by atoms with Crippen LogP contribution in [0.4, 0.5) is 0 Å². The Morgan fingerprint density at radius 1 is 1.29 bits per heavy atom. The number of halogens is 1. The highest BCUT2D eigenvalue weighted by atomic mass is 79.9. The van der Waals surface area contributed by atoms with E-state index in [0.29, 0.717) is 11.3 Å². The molecule has 0 bridgehead atoms. The summed E-state index contributed by atoms with van der Waals surface area (Å²) in [5.41, 5.74) is 2.60. The number of aromatic nitrogens is 1. The molecule has 1 N–H and O–H groups in total. The molecule has 110 valence electrons. The third kappa shape index (κ3) is 2.78. The van der Waals surface area contributed by atoms with E-state index in [0.717, 1.165) is 22.1 Å². The number of aromatic carboxylic acids is 1. The van der Waals surface area contributed by atoms with Gasteiger partial charge in [-0.15, -0.1) is 0 Å². The largest absolute Gasteiger partial charge is 0.478 e. The van der Waals surface area contributed by atoms with Crippen molar-refractivity contribution in [1.82, 2.24) is 4.57 Å². The predicted molar refractivity (Wildman–Crippen MR) is 85.6 cm³/mol. The summed E-state index contributed by atoms with van der Waals surface area (Å²) >= 11 is 3.41. The molecule has 0 unspecified atom stereocenters. The van der Waals surface area contributed by atoms with E-state index >= 15 is 0 Å². The van der Waals surface area contributed by atoms with Crippen molar-refractivity contribution in [3.05, 3.63) is 61.5 Å². The monoisotopic (exact) mass is 349 g/mol. The molecular formula is C16H16BrNO3. The molecule has 5 heteroatoms. The van der Waals surface area contributed by atoms with Crippen LogP contribution in [0.15, 0.2) is 33.5 Å². The van der Waals surface area contributed by atoms with Crippen LogP contribution in [0.2, 0.25) is 0 Å². The Kier molecular flexibility index (Phi) is 4.32. The topological polar surface area (TPSA) is 59.3 Å². The number of benzene rings is 1. The van der Waals surface area contributed by atoms with E-state index in [1.165, 1.54) is 10.6 Å². The van der Waals surface area contributed by atoms with Crippen LogP contribution < -0.4 is 5.56 Å². The number of aryl methyl sites for hydroxylation is 2. The van der Waals surface area contributed by atoms with Gasteiger partial charge in [0.05, 0.1) is 11.3 Å². The van der Waals surface area contributed by atoms with Crippen LogP contribution in [0.5, 0.6) is 0 Å². The Bertz CT molecular complexity index is 778. The average Bonchev–Trinajstić information content (AvgIpc) is 2.39. The molecule has 0 spiro atoms. The number of carboxylic acid groups (broad SMARTS) is 1. The smallest absolute Gasteiger partial charge is 0.337 e. The first-order chi connectivity index (χ1) is 9.86. The van der Waals surface area contributed by atoms with Gasteiger partial charge in [-0.1, -0.05) is 22.9 Å². The zero-order chi connectivity index (χ0) is 15.7. The molecule has 4 nitrogen and oxygen atoms in total. The first-order valence-electron chi connectivity index (χ1n) is 6.62. The van der Waals surface area contributed by atoms with Gasteiger partial charge < -0.3 is 5.11 Å². The van der Waals surface area contributed by atoms with Crippen molar-refractivity contribution in [3.63, 3.8) is 0 Å². The van der Waals surface area contributed by atoms with Crippen molar-refractivity contribution in [2.24, 2.45) is 0 Å². The van der Waals surface area contributed by atoms with E-state index in [2.05, 4.69) is 15.9 Å². The van der Waals surface area contributed by atoms with Crippen molar-refractivity contribution < 1.29 is 9.90 Å². The first kappa shape index (κ1) is 15.5. The summed E-state index contributed by atoms with van der Waals surface area (Å²) in [4.78, 5) is 23.8. The molecule has 0 aliphatic heterocycles. The number of rotatable bonds is 3. The summed E-state index contributed by atoms with van der Waals surface area (Å²) in [5.74, 6) is -1.02. The van der Waals surface area contributed by atoms with E-state index in [9.17, 15) is 14.7 Å².